The maximum atomic E-state index is 12.0. The summed E-state index contributed by atoms with van der Waals surface area (Å²) in [5, 5.41) is 10.9. The molecule has 0 spiro atoms. The van der Waals surface area contributed by atoms with Gasteiger partial charge in [0.2, 0.25) is 5.91 Å². The first kappa shape index (κ1) is 14.5. The van der Waals surface area contributed by atoms with Crippen LogP contribution in [0.1, 0.15) is 11.3 Å². The minimum atomic E-state index is -1.01. The largest absolute Gasteiger partial charge is 0.479 e. The van der Waals surface area contributed by atoms with E-state index in [4.69, 9.17) is 9.84 Å². The molecule has 19 heavy (non-hydrogen) atoms. The van der Waals surface area contributed by atoms with Gasteiger partial charge in [-0.3, -0.25) is 4.79 Å². The number of carboxylic acids is 1. The Bertz CT molecular complexity index is 476. The first-order chi connectivity index (χ1) is 9.06. The van der Waals surface area contributed by atoms with E-state index >= 15 is 0 Å². The van der Waals surface area contributed by atoms with Gasteiger partial charge in [-0.2, -0.15) is 0 Å². The molecule has 5 nitrogen and oxygen atoms in total. The molecule has 7 heteroatoms. The van der Waals surface area contributed by atoms with Crippen molar-refractivity contribution in [3.63, 3.8) is 0 Å². The minimum Gasteiger partial charge on any atom is -0.479 e. The summed E-state index contributed by atoms with van der Waals surface area (Å²) in [6, 6.07) is 2.00. The SMILES string of the molecule is O=C(O)[C@H]1CN(C(=O)CCc2cc(Br)cs2)CCO1. The molecule has 1 N–H and O–H groups in total. The van der Waals surface area contributed by atoms with Crippen LogP contribution in [0.4, 0.5) is 0 Å². The summed E-state index contributed by atoms with van der Waals surface area (Å²) in [6.45, 7) is 0.895. The monoisotopic (exact) mass is 347 g/mol. The molecule has 1 aliphatic rings. The number of nitrogens with zero attached hydrogens (tertiary/aromatic N) is 1. The molecule has 1 saturated heterocycles. The number of carboxylic acid groups (broad SMARTS) is 1. The van der Waals surface area contributed by atoms with Crippen molar-refractivity contribution in [2.75, 3.05) is 19.7 Å². The molecular formula is C12H14BrNO4S. The van der Waals surface area contributed by atoms with Crippen molar-refractivity contribution < 1.29 is 19.4 Å². The van der Waals surface area contributed by atoms with Crippen LogP contribution in [0.25, 0.3) is 0 Å². The van der Waals surface area contributed by atoms with Crippen LogP contribution in [0.5, 0.6) is 0 Å². The number of morpholine rings is 1. The number of aliphatic carboxylic acids is 1. The molecule has 1 aromatic heterocycles. The van der Waals surface area contributed by atoms with Gasteiger partial charge >= 0.3 is 5.97 Å². The first-order valence-corrected chi connectivity index (χ1v) is 7.58. The van der Waals surface area contributed by atoms with Gasteiger partial charge in [0.25, 0.3) is 0 Å². The van der Waals surface area contributed by atoms with Crippen LogP contribution in [0, 0.1) is 0 Å². The van der Waals surface area contributed by atoms with E-state index in [1.54, 1.807) is 16.2 Å². The lowest BCUT2D eigenvalue weighted by Gasteiger charge is -2.30. The fourth-order valence-electron chi connectivity index (χ4n) is 1.90. The van der Waals surface area contributed by atoms with E-state index in [-0.39, 0.29) is 19.1 Å². The van der Waals surface area contributed by atoms with Gasteiger partial charge in [-0.05, 0) is 28.4 Å². The van der Waals surface area contributed by atoms with Crippen LogP contribution in [-0.2, 0) is 20.7 Å². The average Bonchev–Trinajstić information content (AvgIpc) is 2.82. The van der Waals surface area contributed by atoms with Gasteiger partial charge in [-0.25, -0.2) is 4.79 Å². The third-order valence-electron chi connectivity index (χ3n) is 2.90. The lowest BCUT2D eigenvalue weighted by Crippen LogP contribution is -2.48. The zero-order valence-electron chi connectivity index (χ0n) is 10.2. The minimum absolute atomic E-state index is 0.0147. The first-order valence-electron chi connectivity index (χ1n) is 5.91. The molecule has 1 atom stereocenters. The van der Waals surface area contributed by atoms with Crippen LogP contribution in [0.3, 0.4) is 0 Å². The predicted molar refractivity (Wildman–Crippen MR) is 74.3 cm³/mol. The van der Waals surface area contributed by atoms with Crippen LogP contribution in [-0.4, -0.2) is 47.7 Å². The maximum absolute atomic E-state index is 12.0. The molecule has 104 valence electrons. The summed E-state index contributed by atoms with van der Waals surface area (Å²) in [4.78, 5) is 25.6. The van der Waals surface area contributed by atoms with Crippen molar-refractivity contribution in [1.82, 2.24) is 4.90 Å². The molecule has 0 saturated carbocycles. The second kappa shape index (κ2) is 6.49. The third kappa shape index (κ3) is 4.02. The van der Waals surface area contributed by atoms with E-state index < -0.39 is 12.1 Å². The van der Waals surface area contributed by atoms with Gasteiger partial charge in [0.15, 0.2) is 6.10 Å². The van der Waals surface area contributed by atoms with E-state index in [0.717, 1.165) is 9.35 Å². The molecule has 1 aliphatic heterocycles. The van der Waals surface area contributed by atoms with Crippen molar-refractivity contribution in [1.29, 1.82) is 0 Å². The van der Waals surface area contributed by atoms with Crippen molar-refractivity contribution in [2.24, 2.45) is 0 Å². The molecule has 1 fully saturated rings. The molecule has 0 radical (unpaired) electrons. The van der Waals surface area contributed by atoms with Crippen molar-refractivity contribution in [3.8, 4) is 0 Å². The van der Waals surface area contributed by atoms with Crippen LogP contribution < -0.4 is 0 Å². The number of aryl methyl sites for hydroxylation is 1. The highest BCUT2D eigenvalue weighted by Crippen LogP contribution is 2.21. The van der Waals surface area contributed by atoms with E-state index in [1.165, 1.54) is 0 Å². The van der Waals surface area contributed by atoms with Crippen molar-refractivity contribution in [3.05, 3.63) is 20.8 Å². The van der Waals surface area contributed by atoms with Crippen LogP contribution >= 0.6 is 27.3 Å². The number of carbonyl (C=O) groups excluding carboxylic acids is 1. The Hall–Kier alpha value is -0.920. The molecule has 1 amide bonds. The number of carbonyl (C=O) groups is 2. The predicted octanol–water partition coefficient (Wildman–Crippen LogP) is 1.76. The molecule has 2 rings (SSSR count). The molecule has 0 aliphatic carbocycles. The van der Waals surface area contributed by atoms with Gasteiger partial charge in [-0.1, -0.05) is 0 Å². The smallest absolute Gasteiger partial charge is 0.334 e. The average molecular weight is 348 g/mol. The number of hydrogen-bond donors (Lipinski definition) is 1. The second-order valence-corrected chi connectivity index (χ2v) is 6.18. The van der Waals surface area contributed by atoms with Gasteiger partial charge in [0.1, 0.15) is 0 Å². The quantitative estimate of drug-likeness (QED) is 0.900. The molecule has 0 aromatic carbocycles. The third-order valence-corrected chi connectivity index (χ3v) is 4.66. The van der Waals surface area contributed by atoms with Crippen molar-refractivity contribution in [2.45, 2.75) is 18.9 Å². The van der Waals surface area contributed by atoms with Gasteiger partial charge in [0.05, 0.1) is 13.2 Å². The lowest BCUT2D eigenvalue weighted by atomic mass is 10.2. The van der Waals surface area contributed by atoms with Gasteiger partial charge < -0.3 is 14.7 Å². The Morgan fingerprint density at radius 2 is 2.37 bits per heavy atom. The van der Waals surface area contributed by atoms with E-state index in [2.05, 4.69) is 15.9 Å². The molecule has 1 aromatic rings. The van der Waals surface area contributed by atoms with Gasteiger partial charge in [-0.15, -0.1) is 11.3 Å². The number of halogens is 1. The van der Waals surface area contributed by atoms with E-state index in [9.17, 15) is 9.59 Å². The van der Waals surface area contributed by atoms with Crippen LogP contribution in [0.15, 0.2) is 15.9 Å². The standard InChI is InChI=1S/C12H14BrNO4S/c13-8-5-9(19-7-8)1-2-11(15)14-3-4-18-10(6-14)12(16)17/h5,7,10H,1-4,6H2,(H,16,17)/t10-/m1/s1. The summed E-state index contributed by atoms with van der Waals surface area (Å²) in [6.07, 6.45) is 0.192. The fraction of sp³-hybridized carbons (Fsp3) is 0.500. The highest BCUT2D eigenvalue weighted by Gasteiger charge is 2.28. The summed E-state index contributed by atoms with van der Waals surface area (Å²) in [7, 11) is 0. The summed E-state index contributed by atoms with van der Waals surface area (Å²) >= 11 is 4.98. The number of ether oxygens (including phenoxy) is 1. The number of amides is 1. The summed E-state index contributed by atoms with van der Waals surface area (Å²) < 4.78 is 6.11. The number of thiophene rings is 1. The Morgan fingerprint density at radius 1 is 1.58 bits per heavy atom. The Balaban J connectivity index is 1.84. The summed E-state index contributed by atoms with van der Waals surface area (Å²) in [5.74, 6) is -1.03. The zero-order chi connectivity index (χ0) is 13.8. The van der Waals surface area contributed by atoms with E-state index in [1.807, 2.05) is 11.4 Å². The Kier molecular flexibility index (Phi) is 4.95. The highest BCUT2D eigenvalue weighted by atomic mass is 79.9. The molecule has 0 bridgehead atoms. The Labute approximate surface area is 123 Å². The summed E-state index contributed by atoms with van der Waals surface area (Å²) in [5.41, 5.74) is 0. The molecular weight excluding hydrogens is 334 g/mol. The van der Waals surface area contributed by atoms with Crippen LogP contribution in [0.2, 0.25) is 0 Å². The molecule has 2 heterocycles. The van der Waals surface area contributed by atoms with Gasteiger partial charge in [0, 0.05) is 27.7 Å². The topological polar surface area (TPSA) is 66.8 Å². The number of hydrogen-bond acceptors (Lipinski definition) is 4. The highest BCUT2D eigenvalue weighted by molar-refractivity contribution is 9.10. The molecule has 0 unspecified atom stereocenters. The van der Waals surface area contributed by atoms with E-state index in [0.29, 0.717) is 19.4 Å². The number of rotatable bonds is 4. The Morgan fingerprint density at radius 3 is 3.00 bits per heavy atom. The maximum Gasteiger partial charge on any atom is 0.334 e. The fourth-order valence-corrected chi connectivity index (χ4v) is 3.35. The van der Waals surface area contributed by atoms with Crippen molar-refractivity contribution >= 4 is 39.1 Å². The lowest BCUT2D eigenvalue weighted by molar-refractivity contribution is -0.159. The zero-order valence-corrected chi connectivity index (χ0v) is 12.6. The second-order valence-electron chi connectivity index (χ2n) is 4.27. The normalized spacial score (nSPS) is 19.4.